The van der Waals surface area contributed by atoms with E-state index in [-0.39, 0.29) is 11.8 Å². The third kappa shape index (κ3) is 4.13. The molecule has 0 unspecified atom stereocenters. The van der Waals surface area contributed by atoms with Crippen LogP contribution >= 0.6 is 34.3 Å². The van der Waals surface area contributed by atoms with Gasteiger partial charge in [0, 0.05) is 37.5 Å². The van der Waals surface area contributed by atoms with Crippen LogP contribution < -0.4 is 0 Å². The molecule has 1 fully saturated rings. The van der Waals surface area contributed by atoms with E-state index in [9.17, 15) is 9.59 Å². The Kier molecular flexibility index (Phi) is 5.35. The summed E-state index contributed by atoms with van der Waals surface area (Å²) in [5.74, 6) is 0.178. The molecule has 3 heterocycles. The van der Waals surface area contributed by atoms with Crippen molar-refractivity contribution >= 4 is 46.1 Å². The van der Waals surface area contributed by atoms with E-state index in [0.29, 0.717) is 41.8 Å². The van der Waals surface area contributed by atoms with Gasteiger partial charge in [-0.15, -0.1) is 22.7 Å². The minimum absolute atomic E-state index is 0.00702. The smallest absolute Gasteiger partial charge is 0.264 e. The molecule has 0 radical (unpaired) electrons. The highest BCUT2D eigenvalue weighted by Crippen LogP contribution is 2.23. The van der Waals surface area contributed by atoms with Gasteiger partial charge < -0.3 is 9.80 Å². The van der Waals surface area contributed by atoms with Crippen molar-refractivity contribution in [1.82, 2.24) is 9.80 Å². The van der Waals surface area contributed by atoms with Gasteiger partial charge in [-0.3, -0.25) is 9.59 Å². The Morgan fingerprint density at radius 1 is 1.09 bits per heavy atom. The zero-order chi connectivity index (χ0) is 16.2. The summed E-state index contributed by atoms with van der Waals surface area (Å²) in [6.07, 6.45) is 1.33. The maximum Gasteiger partial charge on any atom is 0.264 e. The lowest BCUT2D eigenvalue weighted by Gasteiger charge is -2.34. The molecule has 2 amide bonds. The molecule has 0 bridgehead atoms. The van der Waals surface area contributed by atoms with Crippen LogP contribution in [0, 0.1) is 0 Å². The van der Waals surface area contributed by atoms with Gasteiger partial charge in [0.15, 0.2) is 0 Å². The number of rotatable bonds is 4. The topological polar surface area (TPSA) is 40.6 Å². The Hall–Kier alpha value is -1.37. The van der Waals surface area contributed by atoms with E-state index in [1.165, 1.54) is 16.2 Å². The number of hydrogen-bond donors (Lipinski definition) is 0. The third-order valence-corrected chi connectivity index (χ3v) is 6.02. The number of amides is 2. The lowest BCUT2D eigenvalue weighted by molar-refractivity contribution is -0.132. The molecule has 0 N–H and O–H groups in total. The van der Waals surface area contributed by atoms with Crippen LogP contribution in [0.5, 0.6) is 0 Å². The summed E-state index contributed by atoms with van der Waals surface area (Å²) in [5.41, 5.74) is 0. The molecule has 0 saturated carbocycles. The first-order chi connectivity index (χ1) is 11.1. The van der Waals surface area contributed by atoms with Crippen LogP contribution in [0.4, 0.5) is 0 Å². The highest BCUT2D eigenvalue weighted by molar-refractivity contribution is 7.18. The monoisotopic (exact) mass is 368 g/mol. The highest BCUT2D eigenvalue weighted by atomic mass is 35.5. The number of piperazine rings is 1. The van der Waals surface area contributed by atoms with E-state index in [1.807, 2.05) is 16.3 Å². The second kappa shape index (κ2) is 7.47. The molecule has 0 spiro atoms. The van der Waals surface area contributed by atoms with Crippen molar-refractivity contribution < 1.29 is 9.59 Å². The van der Waals surface area contributed by atoms with E-state index in [2.05, 4.69) is 6.07 Å². The number of thiophene rings is 2. The average Bonchev–Trinajstić information content (AvgIpc) is 3.23. The van der Waals surface area contributed by atoms with Gasteiger partial charge >= 0.3 is 0 Å². The Morgan fingerprint density at radius 3 is 2.43 bits per heavy atom. The lowest BCUT2D eigenvalue weighted by atomic mass is 10.2. The van der Waals surface area contributed by atoms with E-state index in [4.69, 9.17) is 11.6 Å². The number of nitrogens with zero attached hydrogens (tertiary/aromatic N) is 2. The zero-order valence-electron chi connectivity index (χ0n) is 12.5. The first kappa shape index (κ1) is 16.5. The second-order valence-corrected chi connectivity index (χ2v) is 8.10. The Balaban J connectivity index is 1.48. The molecule has 122 valence electrons. The van der Waals surface area contributed by atoms with Crippen molar-refractivity contribution in [1.29, 1.82) is 0 Å². The van der Waals surface area contributed by atoms with Crippen molar-refractivity contribution in [3.8, 4) is 0 Å². The van der Waals surface area contributed by atoms with Crippen molar-refractivity contribution in [3.63, 3.8) is 0 Å². The summed E-state index contributed by atoms with van der Waals surface area (Å²) >= 11 is 8.86. The lowest BCUT2D eigenvalue weighted by Crippen LogP contribution is -2.50. The van der Waals surface area contributed by atoms with Gasteiger partial charge in [0.25, 0.3) is 5.91 Å². The standard InChI is InChI=1S/C16H17ClN2O2S2/c17-14-5-4-13(23-14)16(21)19-9-7-18(8-10-19)15(20)6-3-12-2-1-11-22-12/h1-2,4-5,11H,3,6-10H2. The largest absolute Gasteiger partial charge is 0.339 e. The van der Waals surface area contributed by atoms with Crippen LogP contribution in [0.1, 0.15) is 21.0 Å². The molecule has 7 heteroatoms. The molecule has 0 aliphatic carbocycles. The van der Waals surface area contributed by atoms with Gasteiger partial charge in [-0.05, 0) is 30.0 Å². The molecular formula is C16H17ClN2O2S2. The molecule has 23 heavy (non-hydrogen) atoms. The first-order valence-electron chi connectivity index (χ1n) is 7.48. The maximum atomic E-state index is 12.3. The minimum atomic E-state index is 0.00702. The van der Waals surface area contributed by atoms with Gasteiger partial charge in [0.05, 0.1) is 9.21 Å². The predicted octanol–water partition coefficient (Wildman–Crippen LogP) is 3.38. The van der Waals surface area contributed by atoms with Gasteiger partial charge in [0.1, 0.15) is 0 Å². The number of aryl methyl sites for hydroxylation is 1. The minimum Gasteiger partial charge on any atom is -0.339 e. The summed E-state index contributed by atoms with van der Waals surface area (Å²) < 4.78 is 0.621. The van der Waals surface area contributed by atoms with Crippen LogP contribution in [0.25, 0.3) is 0 Å². The first-order valence-corrected chi connectivity index (χ1v) is 9.55. The summed E-state index contributed by atoms with van der Waals surface area (Å²) in [6.45, 7) is 2.38. The summed E-state index contributed by atoms with van der Waals surface area (Å²) in [5, 5.41) is 2.03. The predicted molar refractivity (Wildman–Crippen MR) is 94.5 cm³/mol. The fourth-order valence-corrected chi connectivity index (χ4v) is 4.31. The normalized spacial score (nSPS) is 15.0. The van der Waals surface area contributed by atoms with Crippen LogP contribution in [-0.4, -0.2) is 47.8 Å². The van der Waals surface area contributed by atoms with Crippen molar-refractivity contribution in [3.05, 3.63) is 43.7 Å². The van der Waals surface area contributed by atoms with Crippen molar-refractivity contribution in [2.45, 2.75) is 12.8 Å². The van der Waals surface area contributed by atoms with Gasteiger partial charge in [-0.1, -0.05) is 17.7 Å². The van der Waals surface area contributed by atoms with E-state index < -0.39 is 0 Å². The van der Waals surface area contributed by atoms with Gasteiger partial charge in [-0.2, -0.15) is 0 Å². The fraction of sp³-hybridized carbons (Fsp3) is 0.375. The average molecular weight is 369 g/mol. The molecule has 1 aliphatic heterocycles. The number of carbonyl (C=O) groups is 2. The van der Waals surface area contributed by atoms with Crippen LogP contribution in [-0.2, 0) is 11.2 Å². The Morgan fingerprint density at radius 2 is 1.83 bits per heavy atom. The Bertz CT molecular complexity index is 676. The van der Waals surface area contributed by atoms with E-state index in [1.54, 1.807) is 28.4 Å². The molecule has 4 nitrogen and oxygen atoms in total. The fourth-order valence-electron chi connectivity index (χ4n) is 2.59. The molecule has 0 aromatic carbocycles. The summed E-state index contributed by atoms with van der Waals surface area (Å²) in [6, 6.07) is 7.56. The Labute approximate surface area is 148 Å². The van der Waals surface area contributed by atoms with E-state index >= 15 is 0 Å². The summed E-state index contributed by atoms with van der Waals surface area (Å²) in [7, 11) is 0. The number of hydrogen-bond acceptors (Lipinski definition) is 4. The molecular weight excluding hydrogens is 352 g/mol. The third-order valence-electron chi connectivity index (χ3n) is 3.87. The van der Waals surface area contributed by atoms with Crippen LogP contribution in [0.2, 0.25) is 4.34 Å². The van der Waals surface area contributed by atoms with E-state index in [0.717, 1.165) is 6.42 Å². The van der Waals surface area contributed by atoms with Crippen LogP contribution in [0.15, 0.2) is 29.6 Å². The maximum absolute atomic E-state index is 12.3. The molecule has 0 atom stereocenters. The zero-order valence-corrected chi connectivity index (χ0v) is 14.9. The van der Waals surface area contributed by atoms with Crippen molar-refractivity contribution in [2.24, 2.45) is 0 Å². The second-order valence-electron chi connectivity index (χ2n) is 5.36. The number of halogens is 1. The molecule has 1 aliphatic rings. The van der Waals surface area contributed by atoms with Gasteiger partial charge in [-0.25, -0.2) is 0 Å². The number of carbonyl (C=O) groups excluding carboxylic acids is 2. The molecule has 2 aromatic rings. The highest BCUT2D eigenvalue weighted by Gasteiger charge is 2.25. The molecule has 2 aromatic heterocycles. The van der Waals surface area contributed by atoms with Crippen LogP contribution in [0.3, 0.4) is 0 Å². The SMILES string of the molecule is O=C(CCc1cccs1)N1CCN(C(=O)c2ccc(Cl)s2)CC1. The van der Waals surface area contributed by atoms with Crippen molar-refractivity contribution in [2.75, 3.05) is 26.2 Å². The van der Waals surface area contributed by atoms with Gasteiger partial charge in [0.2, 0.25) is 5.91 Å². The molecule has 3 rings (SSSR count). The summed E-state index contributed by atoms with van der Waals surface area (Å²) in [4.78, 5) is 30.2. The molecule has 1 saturated heterocycles. The quantitative estimate of drug-likeness (QED) is 0.830.